The van der Waals surface area contributed by atoms with Crippen LogP contribution in [-0.2, 0) is 28.2 Å². The molecule has 0 spiro atoms. The van der Waals surface area contributed by atoms with Gasteiger partial charge in [0.25, 0.3) is 0 Å². The molecule has 0 heterocycles. The molecule has 11 heteroatoms. The van der Waals surface area contributed by atoms with Crippen LogP contribution in [0.3, 0.4) is 0 Å². The van der Waals surface area contributed by atoms with E-state index in [-0.39, 0.29) is 19.4 Å². The molecule has 10 nitrogen and oxygen atoms in total. The summed E-state index contributed by atoms with van der Waals surface area (Å²) in [5.74, 6) is -0.0901. The summed E-state index contributed by atoms with van der Waals surface area (Å²) in [5, 5.41) is 20.4. The van der Waals surface area contributed by atoms with E-state index in [1.807, 2.05) is 6.08 Å². The minimum atomic E-state index is -4.79. The first kappa shape index (κ1) is 55.7. The Morgan fingerprint density at radius 3 is 1.49 bits per heavy atom. The fourth-order valence-corrected chi connectivity index (χ4v) is 7.32. The molecule has 0 aliphatic heterocycles. The van der Waals surface area contributed by atoms with Crippen LogP contribution >= 0.6 is 7.82 Å². The monoisotopic (exact) mass is 833 g/mol. The number of aliphatic hydroxyl groups is 2. The van der Waals surface area contributed by atoms with Gasteiger partial charge in [0.15, 0.2) is 6.10 Å². The Morgan fingerprint density at radius 2 is 1.02 bits per heavy atom. The van der Waals surface area contributed by atoms with Crippen LogP contribution in [0.2, 0.25) is 0 Å². The number of esters is 2. The first-order chi connectivity index (χ1) is 27.5. The van der Waals surface area contributed by atoms with E-state index in [1.165, 1.54) is 116 Å². The molecule has 0 amide bonds. The van der Waals surface area contributed by atoms with E-state index in [4.69, 9.17) is 19.3 Å². The summed E-state index contributed by atoms with van der Waals surface area (Å²) in [6.45, 7) is 5.92. The largest absolute Gasteiger partial charge is 0.469 e. The van der Waals surface area contributed by atoms with Crippen LogP contribution in [0.25, 0.3) is 0 Å². The van der Waals surface area contributed by atoms with Crippen molar-refractivity contribution >= 4 is 19.8 Å². The van der Waals surface area contributed by atoms with Crippen LogP contribution in [0.1, 0.15) is 233 Å². The fourth-order valence-electron chi connectivity index (χ4n) is 6.96. The molecule has 57 heavy (non-hydrogen) atoms. The number of phosphoric acid groups is 1. The number of ether oxygens (including phenoxy) is 2. The number of aliphatic hydroxyl groups excluding tert-OH is 2. The second kappa shape index (κ2) is 40.1. The lowest BCUT2D eigenvalue weighted by Crippen LogP contribution is -2.29. The predicted molar refractivity (Wildman–Crippen MR) is 233 cm³/mol. The van der Waals surface area contributed by atoms with Crippen molar-refractivity contribution < 1.29 is 48.2 Å². The van der Waals surface area contributed by atoms with E-state index < -0.39 is 44.7 Å². The minimum absolute atomic E-state index is 0.116. The number of rotatable bonds is 43. The summed E-state index contributed by atoms with van der Waals surface area (Å²) in [4.78, 5) is 43.0. The summed E-state index contributed by atoms with van der Waals surface area (Å²) in [6.07, 6.45) is 36.7. The standard InChI is InChI=1S/C46H89O10P/c1-4-6-7-8-25-30-35-43(47)44(48)36-31-26-23-28-33-38-46(50)56-42(40-55-57(51,52)53)39-54-45(49)37-32-27-22-20-18-16-14-12-10-9-11-13-15-17-19-21-24-29-34-41(3)5-2/h25,30,41-44,47-48H,4-24,26-29,31-40H2,1-3H3,(H2,51,52,53)/b30-25-/t41?,42-,43+,44+/m1/s1. The van der Waals surface area contributed by atoms with Crippen LogP contribution in [-0.4, -0.2) is 63.5 Å². The number of hydrogen-bond donors (Lipinski definition) is 4. The lowest BCUT2D eigenvalue weighted by Gasteiger charge is -2.18. The van der Waals surface area contributed by atoms with Gasteiger partial charge in [-0.15, -0.1) is 0 Å². The zero-order valence-electron chi connectivity index (χ0n) is 36.9. The minimum Gasteiger partial charge on any atom is -0.462 e. The van der Waals surface area contributed by atoms with Crippen LogP contribution in [0.4, 0.5) is 0 Å². The maximum Gasteiger partial charge on any atom is 0.469 e. The molecule has 0 saturated carbocycles. The molecule has 0 fully saturated rings. The van der Waals surface area contributed by atoms with Crippen molar-refractivity contribution in [2.45, 2.75) is 251 Å². The average Bonchev–Trinajstić information content (AvgIpc) is 3.18. The van der Waals surface area contributed by atoms with Gasteiger partial charge in [0, 0.05) is 12.8 Å². The maximum atomic E-state index is 12.4. The number of allylic oxidation sites excluding steroid dienone is 1. The van der Waals surface area contributed by atoms with E-state index in [9.17, 15) is 24.4 Å². The Morgan fingerprint density at radius 1 is 0.561 bits per heavy atom. The molecule has 4 atom stereocenters. The Labute approximate surface area is 349 Å². The fraction of sp³-hybridized carbons (Fsp3) is 0.913. The molecular formula is C46H89O10P. The van der Waals surface area contributed by atoms with Gasteiger partial charge in [-0.25, -0.2) is 4.57 Å². The van der Waals surface area contributed by atoms with Gasteiger partial charge in [-0.2, -0.15) is 0 Å². The summed E-state index contributed by atoms with van der Waals surface area (Å²) in [7, 11) is -4.79. The van der Waals surface area contributed by atoms with Crippen molar-refractivity contribution in [3.05, 3.63) is 12.2 Å². The van der Waals surface area contributed by atoms with E-state index >= 15 is 0 Å². The van der Waals surface area contributed by atoms with E-state index in [0.717, 1.165) is 63.7 Å². The molecule has 0 aromatic rings. The zero-order valence-corrected chi connectivity index (χ0v) is 37.8. The van der Waals surface area contributed by atoms with Gasteiger partial charge in [0.05, 0.1) is 18.8 Å². The highest BCUT2D eigenvalue weighted by atomic mass is 31.2. The van der Waals surface area contributed by atoms with Crippen LogP contribution in [0, 0.1) is 5.92 Å². The molecule has 0 radical (unpaired) electrons. The number of hydrogen-bond acceptors (Lipinski definition) is 8. The highest BCUT2D eigenvalue weighted by molar-refractivity contribution is 7.46. The SMILES string of the molecule is CCCCC/C=C\C[C@H](O)[C@@H](O)CCCCCCCC(=O)O[C@H](COC(=O)CCCCCCCCCCCCCCCCCCCCC(C)CC)COP(=O)(O)O. The maximum absolute atomic E-state index is 12.4. The van der Waals surface area contributed by atoms with Gasteiger partial charge < -0.3 is 29.5 Å². The van der Waals surface area contributed by atoms with Gasteiger partial charge in [0.1, 0.15) is 6.61 Å². The molecule has 0 aromatic carbocycles. The second-order valence-corrected chi connectivity index (χ2v) is 17.9. The van der Waals surface area contributed by atoms with E-state index in [0.29, 0.717) is 25.7 Å². The van der Waals surface area contributed by atoms with Crippen LogP contribution < -0.4 is 0 Å². The number of carbonyl (C=O) groups excluding carboxylic acids is 2. The number of phosphoric ester groups is 1. The summed E-state index contributed by atoms with van der Waals surface area (Å²) in [6, 6.07) is 0. The third-order valence-electron chi connectivity index (χ3n) is 11.0. The van der Waals surface area contributed by atoms with Gasteiger partial charge in [-0.05, 0) is 44.4 Å². The number of unbranched alkanes of at least 4 members (excludes halogenated alkanes) is 24. The van der Waals surface area contributed by atoms with Crippen molar-refractivity contribution in [3.8, 4) is 0 Å². The zero-order chi connectivity index (χ0) is 42.2. The Hall–Kier alpha value is -1.29. The molecule has 0 saturated heterocycles. The molecule has 4 N–H and O–H groups in total. The van der Waals surface area contributed by atoms with Crippen molar-refractivity contribution in [3.63, 3.8) is 0 Å². The lowest BCUT2D eigenvalue weighted by atomic mass is 9.99. The molecule has 0 aliphatic carbocycles. The highest BCUT2D eigenvalue weighted by Gasteiger charge is 2.23. The lowest BCUT2D eigenvalue weighted by molar-refractivity contribution is -0.161. The predicted octanol–water partition coefficient (Wildman–Crippen LogP) is 12.4. The Balaban J connectivity index is 3.91. The Kier molecular flexibility index (Phi) is 39.2. The van der Waals surface area contributed by atoms with Crippen molar-refractivity contribution in [2.24, 2.45) is 5.92 Å². The molecule has 1 unspecified atom stereocenters. The first-order valence-electron chi connectivity index (χ1n) is 23.5. The van der Waals surface area contributed by atoms with Gasteiger partial charge in [-0.1, -0.05) is 193 Å². The first-order valence-corrected chi connectivity index (χ1v) is 25.1. The average molecular weight is 833 g/mol. The van der Waals surface area contributed by atoms with Crippen molar-refractivity contribution in [1.82, 2.24) is 0 Å². The van der Waals surface area contributed by atoms with E-state index in [2.05, 4.69) is 31.4 Å². The molecule has 0 aliphatic rings. The van der Waals surface area contributed by atoms with Crippen LogP contribution in [0.15, 0.2) is 12.2 Å². The quantitative estimate of drug-likeness (QED) is 0.0201. The molecule has 0 aromatic heterocycles. The smallest absolute Gasteiger partial charge is 0.462 e. The highest BCUT2D eigenvalue weighted by Crippen LogP contribution is 2.36. The van der Waals surface area contributed by atoms with Gasteiger partial charge in [0.2, 0.25) is 0 Å². The van der Waals surface area contributed by atoms with Crippen molar-refractivity contribution in [2.75, 3.05) is 13.2 Å². The normalized spacial score (nSPS) is 14.2. The topological polar surface area (TPSA) is 160 Å². The Bertz CT molecular complexity index is 986. The van der Waals surface area contributed by atoms with Gasteiger partial charge >= 0.3 is 19.8 Å². The third kappa shape index (κ3) is 41.2. The summed E-state index contributed by atoms with van der Waals surface area (Å²) >= 11 is 0. The molecule has 0 bridgehead atoms. The third-order valence-corrected chi connectivity index (χ3v) is 11.5. The summed E-state index contributed by atoms with van der Waals surface area (Å²) < 4.78 is 26.4. The van der Waals surface area contributed by atoms with Gasteiger partial charge in [-0.3, -0.25) is 14.1 Å². The number of carbonyl (C=O) groups is 2. The molecule has 0 rings (SSSR count). The van der Waals surface area contributed by atoms with E-state index in [1.54, 1.807) is 0 Å². The van der Waals surface area contributed by atoms with Crippen LogP contribution in [0.5, 0.6) is 0 Å². The molecular weight excluding hydrogens is 743 g/mol. The second-order valence-electron chi connectivity index (χ2n) is 16.6. The summed E-state index contributed by atoms with van der Waals surface area (Å²) in [5.41, 5.74) is 0. The molecule has 338 valence electrons. The van der Waals surface area contributed by atoms with Crippen molar-refractivity contribution in [1.29, 1.82) is 0 Å².